The van der Waals surface area contributed by atoms with Crippen molar-refractivity contribution in [3.8, 4) is 0 Å². The Hall–Kier alpha value is -1.75. The minimum absolute atomic E-state index is 0.286. The summed E-state index contributed by atoms with van der Waals surface area (Å²) in [6, 6.07) is 3.93. The fourth-order valence-electron chi connectivity index (χ4n) is 2.40. The molecule has 5 heteroatoms. The van der Waals surface area contributed by atoms with Crippen molar-refractivity contribution in [2.75, 3.05) is 50.6 Å². The molecule has 0 saturated carbocycles. The zero-order valence-electron chi connectivity index (χ0n) is 11.7. The third-order valence-corrected chi connectivity index (χ3v) is 3.53. The number of anilines is 2. The van der Waals surface area contributed by atoms with Crippen molar-refractivity contribution in [2.45, 2.75) is 6.92 Å². The van der Waals surface area contributed by atoms with Crippen molar-refractivity contribution in [1.29, 1.82) is 0 Å². The van der Waals surface area contributed by atoms with E-state index >= 15 is 0 Å². The van der Waals surface area contributed by atoms with Gasteiger partial charge < -0.3 is 20.3 Å². The molecule has 1 heterocycles. The van der Waals surface area contributed by atoms with Crippen LogP contribution >= 0.6 is 0 Å². The summed E-state index contributed by atoms with van der Waals surface area (Å²) in [5, 5.41) is 6.44. The zero-order valence-corrected chi connectivity index (χ0v) is 11.7. The van der Waals surface area contributed by atoms with Crippen LogP contribution < -0.4 is 15.5 Å². The van der Waals surface area contributed by atoms with E-state index in [0.29, 0.717) is 5.56 Å². The highest BCUT2D eigenvalue weighted by Gasteiger charge is 2.19. The topological polar surface area (TPSA) is 53.6 Å². The molecule has 0 spiro atoms. The largest absolute Gasteiger partial charge is 0.465 e. The summed E-state index contributed by atoms with van der Waals surface area (Å²) in [6.07, 6.45) is 0. The molecular weight excluding hydrogens is 242 g/mol. The van der Waals surface area contributed by atoms with Crippen LogP contribution in [-0.4, -0.2) is 46.3 Å². The maximum atomic E-state index is 11.9. The molecule has 0 bridgehead atoms. The Balaban J connectivity index is 2.43. The molecule has 1 fully saturated rings. The average Bonchev–Trinajstić information content (AvgIpc) is 2.47. The predicted octanol–water partition coefficient (Wildman–Crippen LogP) is 1.23. The van der Waals surface area contributed by atoms with E-state index in [2.05, 4.69) is 21.6 Å². The fraction of sp³-hybridized carbons (Fsp3) is 0.500. The number of carbonyl (C=O) groups excluding carboxylic acids is 1. The lowest BCUT2D eigenvalue weighted by atomic mass is 10.0. The third-order valence-electron chi connectivity index (χ3n) is 3.53. The van der Waals surface area contributed by atoms with E-state index in [-0.39, 0.29) is 5.97 Å². The molecule has 19 heavy (non-hydrogen) atoms. The van der Waals surface area contributed by atoms with E-state index in [9.17, 15) is 4.79 Å². The van der Waals surface area contributed by atoms with Crippen LogP contribution in [0.1, 0.15) is 15.9 Å². The Morgan fingerprint density at radius 2 is 2.05 bits per heavy atom. The predicted molar refractivity (Wildman–Crippen MR) is 77.1 cm³/mol. The number of benzene rings is 1. The molecule has 1 aromatic carbocycles. The number of esters is 1. The average molecular weight is 263 g/mol. The van der Waals surface area contributed by atoms with Crippen molar-refractivity contribution >= 4 is 17.3 Å². The van der Waals surface area contributed by atoms with E-state index in [4.69, 9.17) is 4.74 Å². The number of carbonyl (C=O) groups is 1. The zero-order chi connectivity index (χ0) is 13.8. The van der Waals surface area contributed by atoms with Gasteiger partial charge in [-0.05, 0) is 24.6 Å². The Morgan fingerprint density at radius 3 is 2.63 bits per heavy atom. The van der Waals surface area contributed by atoms with Gasteiger partial charge in [0.1, 0.15) is 0 Å². The molecule has 2 rings (SSSR count). The summed E-state index contributed by atoms with van der Waals surface area (Å²) in [5.41, 5.74) is 3.64. The van der Waals surface area contributed by atoms with Crippen molar-refractivity contribution in [1.82, 2.24) is 5.32 Å². The fourth-order valence-corrected chi connectivity index (χ4v) is 2.40. The summed E-state index contributed by atoms with van der Waals surface area (Å²) in [4.78, 5) is 14.2. The van der Waals surface area contributed by atoms with Gasteiger partial charge in [0, 0.05) is 44.6 Å². The van der Waals surface area contributed by atoms with Gasteiger partial charge in [-0.25, -0.2) is 4.79 Å². The summed E-state index contributed by atoms with van der Waals surface area (Å²) in [7, 11) is 3.27. The van der Waals surface area contributed by atoms with Crippen molar-refractivity contribution < 1.29 is 9.53 Å². The Morgan fingerprint density at radius 1 is 1.37 bits per heavy atom. The second-order valence-electron chi connectivity index (χ2n) is 4.65. The van der Waals surface area contributed by atoms with E-state index in [1.165, 1.54) is 7.11 Å². The van der Waals surface area contributed by atoms with Crippen LogP contribution in [0.25, 0.3) is 0 Å². The normalized spacial score (nSPS) is 15.2. The van der Waals surface area contributed by atoms with Crippen LogP contribution in [-0.2, 0) is 4.74 Å². The number of piperazine rings is 1. The Bertz CT molecular complexity index is 468. The smallest absolute Gasteiger partial charge is 0.338 e. The second-order valence-corrected chi connectivity index (χ2v) is 4.65. The summed E-state index contributed by atoms with van der Waals surface area (Å²) in [5.74, 6) is -0.286. The highest BCUT2D eigenvalue weighted by molar-refractivity contribution is 5.94. The number of hydrogen-bond acceptors (Lipinski definition) is 5. The van der Waals surface area contributed by atoms with Crippen LogP contribution in [0, 0.1) is 6.92 Å². The quantitative estimate of drug-likeness (QED) is 0.803. The molecule has 2 N–H and O–H groups in total. The molecule has 1 aliphatic rings. The van der Waals surface area contributed by atoms with Gasteiger partial charge >= 0.3 is 5.97 Å². The van der Waals surface area contributed by atoms with Crippen molar-refractivity contribution in [2.24, 2.45) is 0 Å². The van der Waals surface area contributed by atoms with E-state index < -0.39 is 0 Å². The number of ether oxygens (including phenoxy) is 1. The Labute approximate surface area is 113 Å². The molecule has 104 valence electrons. The van der Waals surface area contributed by atoms with E-state index in [1.807, 2.05) is 20.0 Å². The molecule has 0 aliphatic carbocycles. The molecule has 1 saturated heterocycles. The minimum atomic E-state index is -0.286. The highest BCUT2D eigenvalue weighted by atomic mass is 16.5. The van der Waals surface area contributed by atoms with Crippen molar-refractivity contribution in [3.63, 3.8) is 0 Å². The Kier molecular flexibility index (Phi) is 4.27. The molecular formula is C14H21N3O2. The maximum Gasteiger partial charge on any atom is 0.338 e. The number of nitrogens with one attached hydrogen (secondary N) is 2. The molecule has 1 aromatic rings. The molecule has 0 unspecified atom stereocenters. The van der Waals surface area contributed by atoms with Crippen molar-refractivity contribution in [3.05, 3.63) is 23.3 Å². The van der Waals surface area contributed by atoms with Crippen LogP contribution in [0.3, 0.4) is 0 Å². The van der Waals surface area contributed by atoms with Crippen LogP contribution in [0.4, 0.5) is 11.4 Å². The summed E-state index contributed by atoms with van der Waals surface area (Å²) < 4.78 is 4.86. The highest BCUT2D eigenvalue weighted by Crippen LogP contribution is 2.28. The lowest BCUT2D eigenvalue weighted by molar-refractivity contribution is 0.0600. The van der Waals surface area contributed by atoms with Crippen LogP contribution in [0.15, 0.2) is 12.1 Å². The molecule has 0 atom stereocenters. The maximum absolute atomic E-state index is 11.9. The first-order valence-corrected chi connectivity index (χ1v) is 6.53. The van der Waals surface area contributed by atoms with Gasteiger partial charge in [0.15, 0.2) is 0 Å². The minimum Gasteiger partial charge on any atom is -0.465 e. The second kappa shape index (κ2) is 5.93. The third kappa shape index (κ3) is 2.81. The van der Waals surface area contributed by atoms with Gasteiger partial charge in [-0.1, -0.05) is 0 Å². The van der Waals surface area contributed by atoms with Gasteiger partial charge in [-0.3, -0.25) is 0 Å². The number of nitrogens with zero attached hydrogens (tertiary/aromatic N) is 1. The van der Waals surface area contributed by atoms with Gasteiger partial charge in [-0.2, -0.15) is 0 Å². The van der Waals surface area contributed by atoms with Gasteiger partial charge in [0.2, 0.25) is 0 Å². The molecule has 0 radical (unpaired) electrons. The first-order chi connectivity index (χ1) is 9.17. The van der Waals surface area contributed by atoms with Crippen LogP contribution in [0.5, 0.6) is 0 Å². The molecule has 1 aliphatic heterocycles. The number of hydrogen-bond donors (Lipinski definition) is 2. The molecule has 0 amide bonds. The van der Waals surface area contributed by atoms with E-state index in [0.717, 1.165) is 43.1 Å². The summed E-state index contributed by atoms with van der Waals surface area (Å²) in [6.45, 7) is 5.82. The van der Waals surface area contributed by atoms with Gasteiger partial charge in [0.25, 0.3) is 0 Å². The SMILES string of the molecule is CNc1cc(C(=O)OC)c(C)c(N2CCNCC2)c1. The first kappa shape index (κ1) is 13.7. The lowest BCUT2D eigenvalue weighted by Gasteiger charge is -2.31. The monoisotopic (exact) mass is 263 g/mol. The molecule has 0 aromatic heterocycles. The lowest BCUT2D eigenvalue weighted by Crippen LogP contribution is -2.43. The number of rotatable bonds is 3. The standard InChI is InChI=1S/C14H21N3O2/c1-10-12(14(18)19-3)8-11(15-2)9-13(10)17-6-4-16-5-7-17/h8-9,15-16H,4-7H2,1-3H3. The molecule has 5 nitrogen and oxygen atoms in total. The summed E-state index contributed by atoms with van der Waals surface area (Å²) >= 11 is 0. The van der Waals surface area contributed by atoms with Gasteiger partial charge in [0.05, 0.1) is 12.7 Å². The first-order valence-electron chi connectivity index (χ1n) is 6.53. The van der Waals surface area contributed by atoms with Gasteiger partial charge in [-0.15, -0.1) is 0 Å². The number of methoxy groups -OCH3 is 1. The van der Waals surface area contributed by atoms with Crippen LogP contribution in [0.2, 0.25) is 0 Å². The van der Waals surface area contributed by atoms with E-state index in [1.54, 1.807) is 0 Å².